The van der Waals surface area contributed by atoms with Crippen LogP contribution in [0.4, 0.5) is 14.9 Å². The molecule has 2 rings (SSSR count). The van der Waals surface area contributed by atoms with Crippen molar-refractivity contribution >= 4 is 17.6 Å². The fraction of sp³-hybridized carbons (Fsp3) is 0.353. The first-order valence-electron chi connectivity index (χ1n) is 7.86. The third-order valence-corrected chi connectivity index (χ3v) is 3.59. The first kappa shape index (κ1) is 18.4. The second-order valence-corrected chi connectivity index (χ2v) is 5.79. The third kappa shape index (κ3) is 5.59. The van der Waals surface area contributed by atoms with Crippen LogP contribution in [-0.2, 0) is 11.2 Å². The van der Waals surface area contributed by atoms with Crippen molar-refractivity contribution in [3.8, 4) is 0 Å². The quantitative estimate of drug-likeness (QED) is 0.746. The number of aromatic nitrogens is 1. The molecule has 0 unspecified atom stereocenters. The van der Waals surface area contributed by atoms with Gasteiger partial charge in [0.15, 0.2) is 0 Å². The van der Waals surface area contributed by atoms with Gasteiger partial charge in [0.05, 0.1) is 12.2 Å². The molecule has 0 aliphatic rings. The van der Waals surface area contributed by atoms with Crippen molar-refractivity contribution in [2.45, 2.75) is 33.2 Å². The van der Waals surface area contributed by atoms with E-state index in [4.69, 9.17) is 4.52 Å². The Morgan fingerprint density at radius 3 is 2.72 bits per heavy atom. The number of anilines is 1. The van der Waals surface area contributed by atoms with Crippen molar-refractivity contribution < 1.29 is 18.5 Å². The zero-order valence-corrected chi connectivity index (χ0v) is 14.4. The van der Waals surface area contributed by atoms with Gasteiger partial charge in [-0.3, -0.25) is 4.79 Å². The Kier molecular flexibility index (Phi) is 6.10. The van der Waals surface area contributed by atoms with Crippen molar-refractivity contribution in [1.82, 2.24) is 15.8 Å². The molecule has 1 aromatic heterocycles. The van der Waals surface area contributed by atoms with Crippen LogP contribution in [0, 0.1) is 19.7 Å². The summed E-state index contributed by atoms with van der Waals surface area (Å²) in [5, 5.41) is 11.6. The van der Waals surface area contributed by atoms with E-state index in [1.807, 2.05) is 20.8 Å². The number of carbonyl (C=O) groups excluding carboxylic acids is 2. The standard InChI is InChI=1S/C17H21FN4O3/c1-10(7-15-11(2)22-25-12(15)3)20-17(24)19-9-16(23)21-14-6-4-5-13(18)8-14/h4-6,8,10H,7,9H2,1-3H3,(H,21,23)(H2,19,20,24)/t10-/m1/s1. The lowest BCUT2D eigenvalue weighted by molar-refractivity contribution is -0.115. The highest BCUT2D eigenvalue weighted by Gasteiger charge is 2.15. The SMILES string of the molecule is Cc1noc(C)c1C[C@@H](C)NC(=O)NCC(=O)Nc1cccc(F)c1. The van der Waals surface area contributed by atoms with E-state index >= 15 is 0 Å². The minimum atomic E-state index is -0.464. The highest BCUT2D eigenvalue weighted by molar-refractivity contribution is 5.94. The zero-order valence-electron chi connectivity index (χ0n) is 14.4. The van der Waals surface area contributed by atoms with Crippen LogP contribution in [0.25, 0.3) is 0 Å². The molecule has 8 heteroatoms. The number of nitrogens with zero attached hydrogens (tertiary/aromatic N) is 1. The van der Waals surface area contributed by atoms with Crippen LogP contribution in [0.2, 0.25) is 0 Å². The first-order chi connectivity index (χ1) is 11.8. The molecular formula is C17H21FN4O3. The molecule has 3 N–H and O–H groups in total. The summed E-state index contributed by atoms with van der Waals surface area (Å²) < 4.78 is 18.1. The summed E-state index contributed by atoms with van der Waals surface area (Å²) in [7, 11) is 0. The lowest BCUT2D eigenvalue weighted by atomic mass is 10.1. The smallest absolute Gasteiger partial charge is 0.315 e. The van der Waals surface area contributed by atoms with Crippen molar-refractivity contribution in [2.24, 2.45) is 0 Å². The van der Waals surface area contributed by atoms with E-state index < -0.39 is 17.8 Å². The Morgan fingerprint density at radius 1 is 1.32 bits per heavy atom. The zero-order chi connectivity index (χ0) is 18.4. The Bertz CT molecular complexity index is 741. The summed E-state index contributed by atoms with van der Waals surface area (Å²) in [5.74, 6) is -0.170. The lowest BCUT2D eigenvalue weighted by Gasteiger charge is -2.14. The van der Waals surface area contributed by atoms with E-state index in [0.29, 0.717) is 12.1 Å². The Balaban J connectivity index is 1.75. The number of amides is 3. The molecule has 134 valence electrons. The summed E-state index contributed by atoms with van der Waals surface area (Å²) in [6.45, 7) is 5.28. The van der Waals surface area contributed by atoms with Crippen molar-refractivity contribution in [2.75, 3.05) is 11.9 Å². The fourth-order valence-corrected chi connectivity index (χ4v) is 2.36. The largest absolute Gasteiger partial charge is 0.361 e. The molecule has 0 saturated heterocycles. The molecule has 25 heavy (non-hydrogen) atoms. The number of hydrogen-bond acceptors (Lipinski definition) is 4. The molecule has 2 aromatic rings. The summed E-state index contributed by atoms with van der Waals surface area (Å²) in [6, 6.07) is 4.90. The van der Waals surface area contributed by atoms with Gasteiger partial charge < -0.3 is 20.5 Å². The van der Waals surface area contributed by atoms with Crippen LogP contribution in [0.15, 0.2) is 28.8 Å². The van der Waals surface area contributed by atoms with Crippen LogP contribution in [0.3, 0.4) is 0 Å². The maximum atomic E-state index is 13.0. The second kappa shape index (κ2) is 8.27. The topological polar surface area (TPSA) is 96.3 Å². The van der Waals surface area contributed by atoms with E-state index in [0.717, 1.165) is 17.0 Å². The van der Waals surface area contributed by atoms with Gasteiger partial charge in [-0.2, -0.15) is 0 Å². The maximum absolute atomic E-state index is 13.0. The Hall–Kier alpha value is -2.90. The normalized spacial score (nSPS) is 11.7. The molecule has 7 nitrogen and oxygen atoms in total. The summed E-state index contributed by atoms with van der Waals surface area (Å²) >= 11 is 0. The van der Waals surface area contributed by atoms with Crippen molar-refractivity contribution in [1.29, 1.82) is 0 Å². The number of nitrogens with one attached hydrogen (secondary N) is 3. The maximum Gasteiger partial charge on any atom is 0.315 e. The molecule has 0 bridgehead atoms. The number of halogens is 1. The molecule has 0 spiro atoms. The van der Waals surface area contributed by atoms with Crippen molar-refractivity contribution in [3.63, 3.8) is 0 Å². The number of aryl methyl sites for hydroxylation is 2. The Labute approximate surface area is 145 Å². The van der Waals surface area contributed by atoms with Crippen LogP contribution < -0.4 is 16.0 Å². The van der Waals surface area contributed by atoms with Crippen LogP contribution in [0.5, 0.6) is 0 Å². The number of rotatable bonds is 6. The first-order valence-corrected chi connectivity index (χ1v) is 7.86. The average molecular weight is 348 g/mol. The fourth-order valence-electron chi connectivity index (χ4n) is 2.36. The number of benzene rings is 1. The predicted molar refractivity (Wildman–Crippen MR) is 90.7 cm³/mol. The van der Waals surface area contributed by atoms with E-state index in [1.54, 1.807) is 6.07 Å². The van der Waals surface area contributed by atoms with Gasteiger partial charge in [-0.15, -0.1) is 0 Å². The molecular weight excluding hydrogens is 327 g/mol. The van der Waals surface area contributed by atoms with Gasteiger partial charge in [-0.25, -0.2) is 9.18 Å². The predicted octanol–water partition coefficient (Wildman–Crippen LogP) is 2.30. The summed E-state index contributed by atoms with van der Waals surface area (Å²) in [5.41, 5.74) is 2.08. The minimum absolute atomic E-state index is 0.164. The Morgan fingerprint density at radius 2 is 2.08 bits per heavy atom. The van der Waals surface area contributed by atoms with Crippen molar-refractivity contribution in [3.05, 3.63) is 47.1 Å². The molecule has 0 radical (unpaired) electrons. The number of carbonyl (C=O) groups is 2. The van der Waals surface area contributed by atoms with E-state index in [2.05, 4.69) is 21.1 Å². The van der Waals surface area contributed by atoms with Gasteiger partial charge >= 0.3 is 6.03 Å². The van der Waals surface area contributed by atoms with Gasteiger partial charge in [-0.05, 0) is 45.4 Å². The van der Waals surface area contributed by atoms with E-state index in [1.165, 1.54) is 18.2 Å². The van der Waals surface area contributed by atoms with Crippen LogP contribution in [-0.4, -0.2) is 29.7 Å². The van der Waals surface area contributed by atoms with Gasteiger partial charge in [0.2, 0.25) is 5.91 Å². The minimum Gasteiger partial charge on any atom is -0.361 e. The summed E-state index contributed by atoms with van der Waals surface area (Å²) in [4.78, 5) is 23.6. The molecule has 1 atom stereocenters. The second-order valence-electron chi connectivity index (χ2n) is 5.79. The summed E-state index contributed by atoms with van der Waals surface area (Å²) in [6.07, 6.45) is 0.573. The monoisotopic (exact) mass is 348 g/mol. The van der Waals surface area contributed by atoms with Gasteiger partial charge in [0.1, 0.15) is 11.6 Å². The molecule has 1 heterocycles. The van der Waals surface area contributed by atoms with E-state index in [9.17, 15) is 14.0 Å². The molecule has 1 aromatic carbocycles. The lowest BCUT2D eigenvalue weighted by Crippen LogP contribution is -2.44. The molecule has 0 fully saturated rings. The van der Waals surface area contributed by atoms with E-state index in [-0.39, 0.29) is 12.6 Å². The van der Waals surface area contributed by atoms with Gasteiger partial charge in [0.25, 0.3) is 0 Å². The highest BCUT2D eigenvalue weighted by Crippen LogP contribution is 2.14. The van der Waals surface area contributed by atoms with Crippen LogP contribution in [0.1, 0.15) is 23.9 Å². The molecule has 0 aliphatic carbocycles. The molecule has 3 amide bonds. The van der Waals surface area contributed by atoms with Crippen LogP contribution >= 0.6 is 0 Å². The number of urea groups is 1. The third-order valence-electron chi connectivity index (χ3n) is 3.59. The molecule has 0 aliphatic heterocycles. The van der Waals surface area contributed by atoms with Gasteiger partial charge in [-0.1, -0.05) is 11.2 Å². The average Bonchev–Trinajstić information content (AvgIpc) is 2.85. The highest BCUT2D eigenvalue weighted by atomic mass is 19.1. The van der Waals surface area contributed by atoms with Gasteiger partial charge in [0, 0.05) is 17.3 Å². The number of hydrogen-bond donors (Lipinski definition) is 3. The molecule has 0 saturated carbocycles.